The van der Waals surface area contributed by atoms with E-state index >= 15 is 0 Å². The van der Waals surface area contributed by atoms with E-state index in [2.05, 4.69) is 47.3 Å². The average molecular weight is 468 g/mol. The first kappa shape index (κ1) is 17.4. The molecule has 24 heavy (non-hydrogen) atoms. The largest absolute Gasteiger partial charge is 0.436 e. The third-order valence-corrected chi connectivity index (χ3v) is 4.70. The van der Waals surface area contributed by atoms with Gasteiger partial charge in [-0.2, -0.15) is 18.3 Å². The van der Waals surface area contributed by atoms with Gasteiger partial charge in [0.15, 0.2) is 5.69 Å². The summed E-state index contributed by atoms with van der Waals surface area (Å²) in [7, 11) is 0. The van der Waals surface area contributed by atoms with Gasteiger partial charge in [0.25, 0.3) is 0 Å². The highest BCUT2D eigenvalue weighted by Crippen LogP contribution is 2.46. The zero-order valence-corrected chi connectivity index (χ0v) is 15.2. The molecule has 0 aliphatic heterocycles. The van der Waals surface area contributed by atoms with E-state index in [1.807, 2.05) is 0 Å². The van der Waals surface area contributed by atoms with E-state index in [1.54, 1.807) is 12.1 Å². The molecule has 10 heteroatoms. The van der Waals surface area contributed by atoms with Crippen molar-refractivity contribution in [1.82, 2.24) is 14.8 Å². The van der Waals surface area contributed by atoms with Crippen LogP contribution in [0.15, 0.2) is 27.3 Å². The Labute approximate surface area is 151 Å². The second-order valence-electron chi connectivity index (χ2n) is 5.39. The molecule has 5 nitrogen and oxygen atoms in total. The zero-order valence-electron chi connectivity index (χ0n) is 12.1. The average Bonchev–Trinajstić information content (AvgIpc) is 3.25. The number of amides is 1. The van der Waals surface area contributed by atoms with Gasteiger partial charge in [-0.05, 0) is 56.8 Å². The van der Waals surface area contributed by atoms with Crippen molar-refractivity contribution in [2.24, 2.45) is 0 Å². The highest BCUT2D eigenvalue weighted by atomic mass is 79.9. The summed E-state index contributed by atoms with van der Waals surface area (Å²) >= 11 is 6.22. The number of hydrogen-bond acceptors (Lipinski definition) is 3. The van der Waals surface area contributed by atoms with Crippen LogP contribution in [0.25, 0.3) is 0 Å². The molecule has 0 unspecified atom stereocenters. The number of carbonyl (C=O) groups is 1. The Bertz CT molecular complexity index is 770. The van der Waals surface area contributed by atoms with Gasteiger partial charge < -0.3 is 5.32 Å². The Kier molecular flexibility index (Phi) is 4.69. The molecule has 128 valence electrons. The molecule has 0 spiro atoms. The third-order valence-electron chi connectivity index (χ3n) is 3.45. The molecule has 1 aliphatic rings. The van der Waals surface area contributed by atoms with Crippen LogP contribution in [0.3, 0.4) is 0 Å². The summed E-state index contributed by atoms with van der Waals surface area (Å²) in [5.74, 6) is -0.171. The molecule has 2 aromatic rings. The van der Waals surface area contributed by atoms with Crippen molar-refractivity contribution in [2.45, 2.75) is 31.5 Å². The van der Waals surface area contributed by atoms with E-state index < -0.39 is 17.8 Å². The lowest BCUT2D eigenvalue weighted by Crippen LogP contribution is -2.21. The van der Waals surface area contributed by atoms with Gasteiger partial charge in [-0.3, -0.25) is 9.48 Å². The Morgan fingerprint density at radius 2 is 2.04 bits per heavy atom. The van der Waals surface area contributed by atoms with Crippen molar-refractivity contribution in [3.05, 3.63) is 38.7 Å². The highest BCUT2D eigenvalue weighted by Gasteiger charge is 2.41. The molecule has 1 aliphatic carbocycles. The molecule has 0 aromatic carbocycles. The number of carbonyl (C=O) groups excluding carboxylic acids is 1. The summed E-state index contributed by atoms with van der Waals surface area (Å²) < 4.78 is 40.9. The van der Waals surface area contributed by atoms with Crippen molar-refractivity contribution >= 4 is 43.6 Å². The lowest BCUT2D eigenvalue weighted by molar-refractivity contribution is -0.142. The van der Waals surface area contributed by atoms with E-state index in [-0.39, 0.29) is 16.9 Å². The number of halogens is 5. The summed E-state index contributed by atoms with van der Waals surface area (Å²) in [4.78, 5) is 16.1. The monoisotopic (exact) mass is 466 g/mol. The van der Waals surface area contributed by atoms with Crippen LogP contribution in [0.2, 0.25) is 0 Å². The quantitative estimate of drug-likeness (QED) is 0.727. The fourth-order valence-corrected chi connectivity index (χ4v) is 3.34. The van der Waals surface area contributed by atoms with Gasteiger partial charge in [-0.25, -0.2) is 4.98 Å². The predicted molar refractivity (Wildman–Crippen MR) is 87.5 cm³/mol. The van der Waals surface area contributed by atoms with Crippen LogP contribution in [0.5, 0.6) is 0 Å². The maximum atomic E-state index is 13.0. The lowest BCUT2D eigenvalue weighted by Gasteiger charge is -2.08. The fraction of sp³-hybridized carbons (Fsp3) is 0.357. The smallest absolute Gasteiger partial charge is 0.309 e. The van der Waals surface area contributed by atoms with Gasteiger partial charge >= 0.3 is 6.18 Å². The number of hydrogen-bond donors (Lipinski definition) is 1. The first-order valence-corrected chi connectivity index (χ1v) is 8.59. The molecule has 1 fully saturated rings. The maximum absolute atomic E-state index is 13.0. The molecule has 0 saturated heterocycles. The molecule has 1 N–H and O–H groups in total. The van der Waals surface area contributed by atoms with Crippen molar-refractivity contribution in [1.29, 1.82) is 0 Å². The summed E-state index contributed by atoms with van der Waals surface area (Å²) in [5.41, 5.74) is -0.583. The summed E-state index contributed by atoms with van der Waals surface area (Å²) in [6.07, 6.45) is -1.48. The summed E-state index contributed by atoms with van der Waals surface area (Å²) in [5, 5.41) is 6.14. The Hall–Kier alpha value is -1.42. The first-order chi connectivity index (χ1) is 11.3. The number of nitrogens with one attached hydrogen (secondary N) is 1. The molecule has 2 heterocycles. The molecule has 0 radical (unpaired) electrons. The molecule has 2 aromatic heterocycles. The molecule has 1 saturated carbocycles. The van der Waals surface area contributed by atoms with Gasteiger partial charge in [-0.15, -0.1) is 0 Å². The van der Waals surface area contributed by atoms with Crippen LogP contribution in [-0.2, 0) is 17.5 Å². The second-order valence-corrected chi connectivity index (χ2v) is 7.10. The van der Waals surface area contributed by atoms with E-state index in [1.165, 1.54) is 6.20 Å². The number of alkyl halides is 3. The third kappa shape index (κ3) is 3.80. The minimum absolute atomic E-state index is 0.00146. The number of pyridine rings is 1. The molecule has 3 rings (SSSR count). The molecular weight excluding hydrogens is 457 g/mol. The van der Waals surface area contributed by atoms with Gasteiger partial charge in [0, 0.05) is 16.6 Å². The van der Waals surface area contributed by atoms with Crippen LogP contribution in [0.4, 0.5) is 19.0 Å². The van der Waals surface area contributed by atoms with Crippen molar-refractivity contribution in [3.8, 4) is 0 Å². The molecule has 0 atom stereocenters. The van der Waals surface area contributed by atoms with Gasteiger partial charge in [0.05, 0.1) is 10.2 Å². The Balaban J connectivity index is 1.81. The van der Waals surface area contributed by atoms with E-state index in [0.29, 0.717) is 11.5 Å². The maximum Gasteiger partial charge on any atom is 0.436 e. The Morgan fingerprint density at radius 1 is 1.33 bits per heavy atom. The normalized spacial score (nSPS) is 14.7. The van der Waals surface area contributed by atoms with Crippen LogP contribution >= 0.6 is 31.9 Å². The summed E-state index contributed by atoms with van der Waals surface area (Å²) in [6, 6.07) is 3.29. The van der Waals surface area contributed by atoms with E-state index in [0.717, 1.165) is 22.0 Å². The van der Waals surface area contributed by atoms with E-state index in [9.17, 15) is 18.0 Å². The number of rotatable bonds is 4. The predicted octanol–water partition coefficient (Wildman–Crippen LogP) is 4.34. The molecule has 1 amide bonds. The minimum Gasteiger partial charge on any atom is -0.309 e. The topological polar surface area (TPSA) is 59.8 Å². The standard InChI is InChI=1S/C14H11Br2F3N4O/c15-8-3-4-9(20-5-8)21-10(24)6-23-12(7-1-2-7)11(16)13(22-23)14(17,18)19/h3-5,7H,1-2,6H2,(H,20,21,24). The van der Waals surface area contributed by atoms with Crippen molar-refractivity contribution in [2.75, 3.05) is 5.32 Å². The van der Waals surface area contributed by atoms with Crippen LogP contribution in [0.1, 0.15) is 30.1 Å². The van der Waals surface area contributed by atoms with Gasteiger partial charge in [-0.1, -0.05) is 0 Å². The van der Waals surface area contributed by atoms with Gasteiger partial charge in [0.2, 0.25) is 5.91 Å². The number of aromatic nitrogens is 3. The number of nitrogens with zero attached hydrogens (tertiary/aromatic N) is 3. The highest BCUT2D eigenvalue weighted by molar-refractivity contribution is 9.10. The molecule has 0 bridgehead atoms. The SMILES string of the molecule is O=C(Cn1nc(C(F)(F)F)c(Br)c1C1CC1)Nc1ccc(Br)cn1. The number of anilines is 1. The van der Waals surface area contributed by atoms with E-state index in [4.69, 9.17) is 0 Å². The van der Waals surface area contributed by atoms with Gasteiger partial charge in [0.1, 0.15) is 12.4 Å². The molecular formula is C14H11Br2F3N4O. The van der Waals surface area contributed by atoms with Crippen LogP contribution in [0, 0.1) is 0 Å². The second kappa shape index (κ2) is 6.47. The Morgan fingerprint density at radius 3 is 2.58 bits per heavy atom. The summed E-state index contributed by atoms with van der Waals surface area (Å²) in [6.45, 7) is -0.307. The van der Waals surface area contributed by atoms with Crippen LogP contribution < -0.4 is 5.32 Å². The van der Waals surface area contributed by atoms with Crippen molar-refractivity contribution in [3.63, 3.8) is 0 Å². The lowest BCUT2D eigenvalue weighted by atomic mass is 10.2. The van der Waals surface area contributed by atoms with Crippen molar-refractivity contribution < 1.29 is 18.0 Å². The van der Waals surface area contributed by atoms with Crippen LogP contribution in [-0.4, -0.2) is 20.7 Å². The fourth-order valence-electron chi connectivity index (χ4n) is 2.27. The minimum atomic E-state index is -4.57. The zero-order chi connectivity index (χ0) is 17.5. The first-order valence-electron chi connectivity index (χ1n) is 7.00.